The van der Waals surface area contributed by atoms with Crippen LogP contribution in [0, 0.1) is 25.2 Å². The van der Waals surface area contributed by atoms with Gasteiger partial charge in [-0.05, 0) is 55.7 Å². The number of nitriles is 1. The van der Waals surface area contributed by atoms with E-state index in [1.807, 2.05) is 32.0 Å². The number of aryl methyl sites for hydroxylation is 3. The molecule has 102 valence electrons. The molecule has 2 aromatic rings. The minimum Gasteiger partial charge on any atom is -0.339 e. The molecule has 0 atom stereocenters. The average molecular weight is 330 g/mol. The van der Waals surface area contributed by atoms with Gasteiger partial charge in [-0.25, -0.2) is 4.98 Å². The summed E-state index contributed by atoms with van der Waals surface area (Å²) in [4.78, 5) is 4.45. The summed E-state index contributed by atoms with van der Waals surface area (Å²) in [6.45, 7) is 5.97. The van der Waals surface area contributed by atoms with Gasteiger partial charge in [0.1, 0.15) is 11.9 Å². The first-order valence-electron chi connectivity index (χ1n) is 6.49. The van der Waals surface area contributed by atoms with Crippen LogP contribution in [0.25, 0.3) is 0 Å². The lowest BCUT2D eigenvalue weighted by atomic mass is 10.1. The van der Waals surface area contributed by atoms with Crippen LogP contribution in [0.15, 0.2) is 28.7 Å². The Labute approximate surface area is 127 Å². The van der Waals surface area contributed by atoms with Crippen molar-refractivity contribution in [2.75, 3.05) is 5.32 Å². The third-order valence-corrected chi connectivity index (χ3v) is 3.65. The highest BCUT2D eigenvalue weighted by atomic mass is 79.9. The second-order valence-corrected chi connectivity index (χ2v) is 5.61. The quantitative estimate of drug-likeness (QED) is 0.892. The third-order valence-electron chi connectivity index (χ3n) is 3.16. The van der Waals surface area contributed by atoms with Crippen LogP contribution < -0.4 is 5.32 Å². The maximum absolute atomic E-state index is 9.30. The molecular formula is C16H16BrN3. The highest BCUT2D eigenvalue weighted by molar-refractivity contribution is 9.10. The molecule has 0 saturated heterocycles. The number of hydrogen-bond donors (Lipinski definition) is 1. The Bertz CT molecular complexity index is 687. The van der Waals surface area contributed by atoms with E-state index in [-0.39, 0.29) is 0 Å². The summed E-state index contributed by atoms with van der Waals surface area (Å²) >= 11 is 3.48. The largest absolute Gasteiger partial charge is 0.339 e. The van der Waals surface area contributed by atoms with Crippen LogP contribution in [0.1, 0.15) is 29.3 Å². The van der Waals surface area contributed by atoms with Crippen LogP contribution in [-0.2, 0) is 6.42 Å². The Morgan fingerprint density at radius 2 is 2.05 bits per heavy atom. The normalized spacial score (nSPS) is 10.2. The first kappa shape index (κ1) is 14.5. The molecule has 0 unspecified atom stereocenters. The minimum absolute atomic E-state index is 0.598. The Hall–Kier alpha value is -1.86. The average Bonchev–Trinajstić information content (AvgIpc) is 2.40. The predicted octanol–water partition coefficient (Wildman–Crippen LogP) is 4.64. The van der Waals surface area contributed by atoms with Crippen molar-refractivity contribution >= 4 is 27.4 Å². The Balaban J connectivity index is 2.48. The van der Waals surface area contributed by atoms with E-state index < -0.39 is 0 Å². The summed E-state index contributed by atoms with van der Waals surface area (Å²) in [7, 11) is 0. The fraction of sp³-hybridized carbons (Fsp3) is 0.250. The van der Waals surface area contributed by atoms with Crippen molar-refractivity contribution < 1.29 is 0 Å². The molecule has 3 nitrogen and oxygen atoms in total. The van der Waals surface area contributed by atoms with E-state index in [2.05, 4.69) is 45.3 Å². The molecule has 0 aliphatic heterocycles. The summed E-state index contributed by atoms with van der Waals surface area (Å²) in [5.41, 5.74) is 4.62. The van der Waals surface area contributed by atoms with Gasteiger partial charge in [-0.2, -0.15) is 5.26 Å². The molecule has 1 aromatic carbocycles. The fourth-order valence-corrected chi connectivity index (χ4v) is 2.58. The summed E-state index contributed by atoms with van der Waals surface area (Å²) in [5, 5.41) is 12.6. The van der Waals surface area contributed by atoms with Crippen LogP contribution in [0.5, 0.6) is 0 Å². The standard InChI is InChI=1S/C16H16BrN3/c1-4-12-8-13(17)5-6-15(12)20-16-14(9-18)10(2)7-11(3)19-16/h5-8H,4H2,1-3H3,(H,19,20). The zero-order chi connectivity index (χ0) is 14.7. The molecule has 4 heteroatoms. The number of anilines is 2. The van der Waals surface area contributed by atoms with E-state index in [0.29, 0.717) is 11.4 Å². The van der Waals surface area contributed by atoms with Gasteiger partial charge < -0.3 is 5.32 Å². The number of halogens is 1. The molecule has 0 fully saturated rings. The molecule has 0 bridgehead atoms. The van der Waals surface area contributed by atoms with E-state index in [1.165, 1.54) is 5.56 Å². The topological polar surface area (TPSA) is 48.7 Å². The lowest BCUT2D eigenvalue weighted by Gasteiger charge is -2.13. The molecule has 0 amide bonds. The van der Waals surface area contributed by atoms with Crippen molar-refractivity contribution in [1.29, 1.82) is 5.26 Å². The lowest BCUT2D eigenvalue weighted by Crippen LogP contribution is -2.02. The van der Waals surface area contributed by atoms with Crippen LogP contribution in [0.2, 0.25) is 0 Å². The van der Waals surface area contributed by atoms with Crippen LogP contribution in [0.4, 0.5) is 11.5 Å². The highest BCUT2D eigenvalue weighted by Gasteiger charge is 2.10. The van der Waals surface area contributed by atoms with Gasteiger partial charge in [0.2, 0.25) is 0 Å². The molecule has 20 heavy (non-hydrogen) atoms. The van der Waals surface area contributed by atoms with Crippen molar-refractivity contribution in [3.63, 3.8) is 0 Å². The summed E-state index contributed by atoms with van der Waals surface area (Å²) < 4.78 is 1.05. The van der Waals surface area contributed by atoms with Crippen LogP contribution >= 0.6 is 15.9 Å². The van der Waals surface area contributed by atoms with Crippen molar-refractivity contribution in [1.82, 2.24) is 4.98 Å². The molecule has 1 heterocycles. The van der Waals surface area contributed by atoms with E-state index in [1.54, 1.807) is 0 Å². The van der Waals surface area contributed by atoms with Crippen molar-refractivity contribution in [2.24, 2.45) is 0 Å². The fourth-order valence-electron chi connectivity index (χ4n) is 2.17. The number of nitrogens with one attached hydrogen (secondary N) is 1. The molecule has 2 rings (SSSR count). The zero-order valence-corrected chi connectivity index (χ0v) is 13.4. The van der Waals surface area contributed by atoms with Gasteiger partial charge in [-0.3, -0.25) is 0 Å². The SMILES string of the molecule is CCc1cc(Br)ccc1Nc1nc(C)cc(C)c1C#N. The number of aromatic nitrogens is 1. The zero-order valence-electron chi connectivity index (χ0n) is 11.8. The third kappa shape index (κ3) is 3.00. The summed E-state index contributed by atoms with van der Waals surface area (Å²) in [6.07, 6.45) is 0.911. The maximum atomic E-state index is 9.30. The highest BCUT2D eigenvalue weighted by Crippen LogP contribution is 2.27. The number of rotatable bonds is 3. The molecule has 0 saturated carbocycles. The van der Waals surface area contributed by atoms with E-state index in [9.17, 15) is 5.26 Å². The number of nitrogens with zero attached hydrogens (tertiary/aromatic N) is 2. The second kappa shape index (κ2) is 6.06. The van der Waals surface area contributed by atoms with Crippen LogP contribution in [-0.4, -0.2) is 4.98 Å². The molecule has 0 radical (unpaired) electrons. The molecular weight excluding hydrogens is 314 g/mol. The lowest BCUT2D eigenvalue weighted by molar-refractivity contribution is 1.12. The van der Waals surface area contributed by atoms with Crippen molar-refractivity contribution in [3.8, 4) is 6.07 Å². The number of benzene rings is 1. The summed E-state index contributed by atoms with van der Waals surface area (Å²) in [6, 6.07) is 10.2. The van der Waals surface area contributed by atoms with Crippen molar-refractivity contribution in [2.45, 2.75) is 27.2 Å². The molecule has 0 aliphatic carbocycles. The smallest absolute Gasteiger partial charge is 0.148 e. The van der Waals surface area contributed by atoms with Gasteiger partial charge in [0.05, 0.1) is 5.56 Å². The van der Waals surface area contributed by atoms with E-state index in [4.69, 9.17) is 0 Å². The van der Waals surface area contributed by atoms with Gasteiger partial charge >= 0.3 is 0 Å². The minimum atomic E-state index is 0.598. The first-order valence-corrected chi connectivity index (χ1v) is 7.28. The summed E-state index contributed by atoms with van der Waals surface area (Å²) in [5.74, 6) is 0.627. The second-order valence-electron chi connectivity index (χ2n) is 4.70. The van der Waals surface area contributed by atoms with Gasteiger partial charge in [0.15, 0.2) is 0 Å². The molecule has 1 aromatic heterocycles. The van der Waals surface area contributed by atoms with Gasteiger partial charge in [-0.15, -0.1) is 0 Å². The Morgan fingerprint density at radius 3 is 2.70 bits per heavy atom. The van der Waals surface area contributed by atoms with Gasteiger partial charge in [-0.1, -0.05) is 22.9 Å². The molecule has 0 spiro atoms. The molecule has 0 aliphatic rings. The van der Waals surface area contributed by atoms with Gasteiger partial charge in [0, 0.05) is 15.9 Å². The van der Waals surface area contributed by atoms with Crippen LogP contribution in [0.3, 0.4) is 0 Å². The predicted molar refractivity (Wildman–Crippen MR) is 85.2 cm³/mol. The van der Waals surface area contributed by atoms with E-state index >= 15 is 0 Å². The molecule has 1 N–H and O–H groups in total. The Morgan fingerprint density at radius 1 is 1.30 bits per heavy atom. The monoisotopic (exact) mass is 329 g/mol. The maximum Gasteiger partial charge on any atom is 0.148 e. The van der Waals surface area contributed by atoms with E-state index in [0.717, 1.165) is 27.8 Å². The first-order chi connectivity index (χ1) is 9.55. The number of pyridine rings is 1. The Kier molecular flexibility index (Phi) is 4.41. The number of hydrogen-bond acceptors (Lipinski definition) is 3. The van der Waals surface area contributed by atoms with Gasteiger partial charge in [0.25, 0.3) is 0 Å². The van der Waals surface area contributed by atoms with Crippen molar-refractivity contribution in [3.05, 3.63) is 51.1 Å².